The summed E-state index contributed by atoms with van der Waals surface area (Å²) in [5.41, 5.74) is 5.41. The molecule has 3 aromatic carbocycles. The lowest BCUT2D eigenvalue weighted by atomic mass is 9.71. The van der Waals surface area contributed by atoms with Gasteiger partial charge < -0.3 is 9.15 Å². The Labute approximate surface area is 220 Å². The molecular weight excluding hydrogens is 482 g/mol. The Morgan fingerprint density at radius 3 is 2.55 bits per heavy atom. The third-order valence-electron chi connectivity index (χ3n) is 7.52. The number of pyridine rings is 1. The van der Waals surface area contributed by atoms with Gasteiger partial charge in [0.1, 0.15) is 30.1 Å². The molecule has 2 heterocycles. The predicted octanol–water partition coefficient (Wildman–Crippen LogP) is 7.98. The molecule has 6 rings (SSSR count). The number of benzene rings is 3. The molecule has 2 aromatic heterocycles. The van der Waals surface area contributed by atoms with E-state index >= 15 is 0 Å². The van der Waals surface area contributed by atoms with Crippen LogP contribution in [-0.2, 0) is 18.4 Å². The maximum Gasteiger partial charge on any atom is 0.197 e. The second-order valence-corrected chi connectivity index (χ2v) is 9.86. The van der Waals surface area contributed by atoms with E-state index in [0.29, 0.717) is 11.6 Å². The minimum atomic E-state index is -0.509. The molecule has 0 spiro atoms. The van der Waals surface area contributed by atoms with Crippen molar-refractivity contribution in [3.63, 3.8) is 0 Å². The van der Waals surface area contributed by atoms with Crippen LogP contribution in [0, 0.1) is 5.82 Å². The van der Waals surface area contributed by atoms with Crippen molar-refractivity contribution in [1.29, 1.82) is 0 Å². The van der Waals surface area contributed by atoms with Crippen molar-refractivity contribution in [1.82, 2.24) is 9.97 Å². The molecular formula is C32H28F2N2O2. The monoisotopic (exact) mass is 510 g/mol. The van der Waals surface area contributed by atoms with Gasteiger partial charge in [0, 0.05) is 16.4 Å². The first-order chi connectivity index (χ1) is 18.6. The third kappa shape index (κ3) is 4.67. The number of oxazole rings is 1. The van der Waals surface area contributed by atoms with Crippen molar-refractivity contribution < 1.29 is 17.9 Å². The third-order valence-corrected chi connectivity index (χ3v) is 7.52. The van der Waals surface area contributed by atoms with Gasteiger partial charge in [-0.05, 0) is 66.4 Å². The minimum Gasteiger partial charge on any atom is -0.487 e. The molecule has 5 aromatic rings. The average molecular weight is 511 g/mol. The van der Waals surface area contributed by atoms with E-state index in [2.05, 4.69) is 40.3 Å². The number of hydrogen-bond donors (Lipinski definition) is 0. The molecule has 4 nitrogen and oxygen atoms in total. The summed E-state index contributed by atoms with van der Waals surface area (Å²) >= 11 is 0. The lowest BCUT2D eigenvalue weighted by Crippen LogP contribution is -2.24. The maximum atomic E-state index is 13.5. The molecule has 1 saturated carbocycles. The van der Waals surface area contributed by atoms with Crippen molar-refractivity contribution in [3.05, 3.63) is 114 Å². The Morgan fingerprint density at radius 1 is 0.895 bits per heavy atom. The quantitative estimate of drug-likeness (QED) is 0.212. The van der Waals surface area contributed by atoms with Crippen LogP contribution in [0.25, 0.3) is 22.2 Å². The van der Waals surface area contributed by atoms with E-state index in [1.165, 1.54) is 17.7 Å². The van der Waals surface area contributed by atoms with E-state index in [9.17, 15) is 8.78 Å². The van der Waals surface area contributed by atoms with Gasteiger partial charge in [0.2, 0.25) is 0 Å². The second kappa shape index (κ2) is 10.4. The summed E-state index contributed by atoms with van der Waals surface area (Å²) in [7, 11) is 0. The van der Waals surface area contributed by atoms with Crippen molar-refractivity contribution in [2.75, 3.05) is 6.67 Å². The zero-order valence-corrected chi connectivity index (χ0v) is 21.0. The van der Waals surface area contributed by atoms with Gasteiger partial charge in [0.25, 0.3) is 0 Å². The fourth-order valence-corrected chi connectivity index (χ4v) is 5.69. The molecule has 6 heteroatoms. The first-order valence-corrected chi connectivity index (χ1v) is 13.0. The van der Waals surface area contributed by atoms with E-state index < -0.39 is 6.67 Å². The highest BCUT2D eigenvalue weighted by Crippen LogP contribution is 2.50. The highest BCUT2D eigenvalue weighted by atomic mass is 19.1. The van der Waals surface area contributed by atoms with E-state index in [1.54, 1.807) is 12.3 Å². The number of alkyl halides is 1. The number of halogens is 2. The summed E-state index contributed by atoms with van der Waals surface area (Å²) in [6.07, 6.45) is 6.09. The molecule has 0 radical (unpaired) electrons. The fourth-order valence-electron chi connectivity index (χ4n) is 5.69. The van der Waals surface area contributed by atoms with Crippen LogP contribution in [0.2, 0.25) is 0 Å². The number of hydrogen-bond acceptors (Lipinski definition) is 4. The van der Waals surface area contributed by atoms with Gasteiger partial charge in [-0.1, -0.05) is 49.2 Å². The Balaban J connectivity index is 1.38. The number of aryl methyl sites for hydroxylation is 1. The van der Waals surface area contributed by atoms with Gasteiger partial charge in [-0.2, -0.15) is 0 Å². The van der Waals surface area contributed by atoms with Gasteiger partial charge >= 0.3 is 0 Å². The summed E-state index contributed by atoms with van der Waals surface area (Å²) in [6, 6.07) is 25.0. The van der Waals surface area contributed by atoms with Crippen molar-refractivity contribution in [3.8, 4) is 17.0 Å². The average Bonchev–Trinajstić information content (AvgIpc) is 3.63. The zero-order chi connectivity index (χ0) is 26.0. The summed E-state index contributed by atoms with van der Waals surface area (Å²) in [4.78, 5) is 9.23. The molecule has 0 unspecified atom stereocenters. The van der Waals surface area contributed by atoms with Crippen LogP contribution in [0.5, 0.6) is 5.75 Å². The SMILES string of the molecule is FCCc1nc(-c2ccc(OCc3ccc4cc(F)ccc4n3)cc2C2(c3ccccc3)CCCC2)co1. The lowest BCUT2D eigenvalue weighted by molar-refractivity contribution is 0.301. The normalized spacial score (nSPS) is 14.7. The number of aromatic nitrogens is 2. The summed E-state index contributed by atoms with van der Waals surface area (Å²) < 4.78 is 38.3. The summed E-state index contributed by atoms with van der Waals surface area (Å²) in [5, 5.41) is 0.756. The lowest BCUT2D eigenvalue weighted by Gasteiger charge is -2.32. The number of nitrogens with zero attached hydrogens (tertiary/aromatic N) is 2. The molecule has 1 aliphatic carbocycles. The molecule has 0 atom stereocenters. The fraction of sp³-hybridized carbons (Fsp3) is 0.250. The van der Waals surface area contributed by atoms with E-state index in [1.807, 2.05) is 30.3 Å². The van der Waals surface area contributed by atoms with Crippen LogP contribution in [-0.4, -0.2) is 16.6 Å². The number of fused-ring (bicyclic) bond motifs is 1. The van der Waals surface area contributed by atoms with E-state index in [-0.39, 0.29) is 24.3 Å². The largest absolute Gasteiger partial charge is 0.487 e. The van der Waals surface area contributed by atoms with Crippen LogP contribution in [0.4, 0.5) is 8.78 Å². The minimum absolute atomic E-state index is 0.158. The first-order valence-electron chi connectivity index (χ1n) is 13.0. The molecule has 1 aliphatic rings. The van der Waals surface area contributed by atoms with Gasteiger partial charge in [-0.25, -0.2) is 14.4 Å². The predicted molar refractivity (Wildman–Crippen MR) is 143 cm³/mol. The van der Waals surface area contributed by atoms with Crippen molar-refractivity contribution >= 4 is 10.9 Å². The molecule has 0 aliphatic heterocycles. The van der Waals surface area contributed by atoms with E-state index in [0.717, 1.165) is 59.2 Å². The number of rotatable bonds is 8. The maximum absolute atomic E-state index is 13.5. The Hall–Kier alpha value is -4.06. The second-order valence-electron chi connectivity index (χ2n) is 9.86. The van der Waals surface area contributed by atoms with E-state index in [4.69, 9.17) is 9.15 Å². The molecule has 0 saturated heterocycles. The summed E-state index contributed by atoms with van der Waals surface area (Å²) in [6.45, 7) is -0.222. The van der Waals surface area contributed by atoms with Crippen LogP contribution >= 0.6 is 0 Å². The Bertz CT molecular complexity index is 1560. The molecule has 1 fully saturated rings. The van der Waals surface area contributed by atoms with Gasteiger partial charge in [0.15, 0.2) is 5.89 Å². The molecule has 0 bridgehead atoms. The van der Waals surface area contributed by atoms with Gasteiger partial charge in [0.05, 0.1) is 24.3 Å². The Kier molecular flexibility index (Phi) is 6.62. The first kappa shape index (κ1) is 24.3. The van der Waals surface area contributed by atoms with Gasteiger partial charge in [-0.3, -0.25) is 4.39 Å². The Morgan fingerprint density at radius 2 is 1.74 bits per heavy atom. The molecule has 0 N–H and O–H groups in total. The van der Waals surface area contributed by atoms with Gasteiger partial charge in [-0.15, -0.1) is 0 Å². The van der Waals surface area contributed by atoms with Crippen molar-refractivity contribution in [2.45, 2.75) is 44.1 Å². The summed E-state index contributed by atoms with van der Waals surface area (Å²) in [5.74, 6) is 0.856. The highest BCUT2D eigenvalue weighted by Gasteiger charge is 2.39. The highest BCUT2D eigenvalue weighted by molar-refractivity contribution is 5.78. The topological polar surface area (TPSA) is 48.2 Å². The van der Waals surface area contributed by atoms with Crippen LogP contribution < -0.4 is 4.74 Å². The van der Waals surface area contributed by atoms with Crippen LogP contribution in [0.15, 0.2) is 89.5 Å². The molecule has 192 valence electrons. The van der Waals surface area contributed by atoms with Crippen LogP contribution in [0.1, 0.15) is 48.4 Å². The smallest absolute Gasteiger partial charge is 0.197 e. The van der Waals surface area contributed by atoms with Crippen LogP contribution in [0.3, 0.4) is 0 Å². The zero-order valence-electron chi connectivity index (χ0n) is 21.0. The number of ether oxygens (including phenoxy) is 1. The van der Waals surface area contributed by atoms with Crippen molar-refractivity contribution in [2.24, 2.45) is 0 Å². The molecule has 0 amide bonds. The molecule has 38 heavy (non-hydrogen) atoms. The standard InChI is InChI=1S/C32H28F2N2O2/c33-17-14-31-36-30(21-38-31)27-12-11-26(37-20-25-10-8-22-18-24(34)9-13-29(22)35-25)19-28(27)32(15-4-5-16-32)23-6-2-1-3-7-23/h1-3,6-13,18-19,21H,4-5,14-17,20H2.